The van der Waals surface area contributed by atoms with E-state index in [1.165, 1.54) is 16.7 Å². The number of aliphatic imine (C=N–C) groups is 2. The largest absolute Gasteiger partial charge is 0.386 e. The minimum absolute atomic E-state index is 0.169. The van der Waals surface area contributed by atoms with Crippen LogP contribution in [0.4, 0.5) is 5.69 Å². The van der Waals surface area contributed by atoms with Gasteiger partial charge in [0.1, 0.15) is 11.7 Å². The van der Waals surface area contributed by atoms with Gasteiger partial charge in [0, 0.05) is 13.0 Å². The number of nitrogens with two attached hydrogens (primary N) is 1. The molecule has 2 aromatic carbocycles. The minimum Gasteiger partial charge on any atom is -0.386 e. The van der Waals surface area contributed by atoms with Gasteiger partial charge in [-0.2, -0.15) is 0 Å². The van der Waals surface area contributed by atoms with Crippen LogP contribution >= 0.6 is 0 Å². The Bertz CT molecular complexity index is 805. The maximum absolute atomic E-state index is 6.34. The number of rotatable bonds is 3. The molecule has 4 heteroatoms. The molecule has 0 aromatic heterocycles. The number of hydrogen-bond donors (Lipinski definition) is 1. The van der Waals surface area contributed by atoms with E-state index in [4.69, 9.17) is 10.7 Å². The fourth-order valence-corrected chi connectivity index (χ4v) is 3.43. The summed E-state index contributed by atoms with van der Waals surface area (Å²) >= 11 is 0. The Kier molecular flexibility index (Phi) is 3.81. The Morgan fingerprint density at radius 2 is 2.00 bits per heavy atom. The molecule has 1 saturated heterocycles. The van der Waals surface area contributed by atoms with Crippen LogP contribution in [0.1, 0.15) is 29.5 Å². The maximum Gasteiger partial charge on any atom is 0.117 e. The summed E-state index contributed by atoms with van der Waals surface area (Å²) in [6.07, 6.45) is 1.97. The number of hydrogen-bond acceptors (Lipinski definition) is 3. The fourth-order valence-electron chi connectivity index (χ4n) is 3.43. The Morgan fingerprint density at radius 3 is 2.83 bits per heavy atom. The third kappa shape index (κ3) is 2.80. The molecule has 0 unspecified atom stereocenters. The summed E-state index contributed by atoms with van der Waals surface area (Å²) in [6, 6.07) is 17.0. The zero-order chi connectivity index (χ0) is 16.5. The lowest BCUT2D eigenvalue weighted by molar-refractivity contribution is 0.390. The van der Waals surface area contributed by atoms with Crippen molar-refractivity contribution < 1.29 is 0 Å². The summed E-state index contributed by atoms with van der Waals surface area (Å²) in [5.74, 6) is 1.87. The van der Waals surface area contributed by atoms with Gasteiger partial charge in [0.2, 0.25) is 0 Å². The quantitative estimate of drug-likeness (QED) is 0.695. The van der Waals surface area contributed by atoms with Gasteiger partial charge in [0.05, 0.1) is 18.3 Å². The van der Waals surface area contributed by atoms with Crippen LogP contribution in [0.25, 0.3) is 0 Å². The minimum atomic E-state index is 0.169. The van der Waals surface area contributed by atoms with Crippen molar-refractivity contribution in [3.63, 3.8) is 0 Å². The van der Waals surface area contributed by atoms with Crippen molar-refractivity contribution in [2.24, 2.45) is 15.7 Å². The molecule has 4 nitrogen and oxygen atoms in total. The maximum atomic E-state index is 6.34. The fraction of sp³-hybridized carbons (Fsp3) is 0.300. The average Bonchev–Trinajstić information content (AvgIpc) is 3.02. The Balaban J connectivity index is 1.51. The molecule has 122 valence electrons. The SMILES string of the molecule is Cc1ccc(CN=C(N)[C@H]2CCC3=Nc4ccccc4CN32)cc1. The molecule has 24 heavy (non-hydrogen) atoms. The van der Waals surface area contributed by atoms with Crippen LogP contribution in [0, 0.1) is 6.92 Å². The molecule has 0 bridgehead atoms. The van der Waals surface area contributed by atoms with Gasteiger partial charge in [0.15, 0.2) is 0 Å². The molecule has 0 saturated carbocycles. The summed E-state index contributed by atoms with van der Waals surface area (Å²) in [5.41, 5.74) is 11.2. The molecule has 1 fully saturated rings. The molecule has 2 heterocycles. The van der Waals surface area contributed by atoms with Crippen LogP contribution in [-0.4, -0.2) is 22.6 Å². The number of aryl methyl sites for hydroxylation is 1. The van der Waals surface area contributed by atoms with E-state index in [1.54, 1.807) is 0 Å². The first kappa shape index (κ1) is 14.9. The van der Waals surface area contributed by atoms with Gasteiger partial charge in [-0.15, -0.1) is 0 Å². The van der Waals surface area contributed by atoms with E-state index in [2.05, 4.69) is 59.3 Å². The van der Waals surface area contributed by atoms with Gasteiger partial charge in [-0.25, -0.2) is 4.99 Å². The van der Waals surface area contributed by atoms with Crippen LogP contribution < -0.4 is 5.73 Å². The highest BCUT2D eigenvalue weighted by Gasteiger charge is 2.34. The molecule has 0 radical (unpaired) electrons. The van der Waals surface area contributed by atoms with Crippen LogP contribution in [0.3, 0.4) is 0 Å². The van der Waals surface area contributed by atoms with Crippen molar-refractivity contribution in [1.82, 2.24) is 4.90 Å². The topological polar surface area (TPSA) is 54.0 Å². The number of para-hydroxylation sites is 1. The smallest absolute Gasteiger partial charge is 0.117 e. The highest BCUT2D eigenvalue weighted by atomic mass is 15.3. The highest BCUT2D eigenvalue weighted by molar-refractivity contribution is 5.97. The Hall–Kier alpha value is -2.62. The second kappa shape index (κ2) is 6.11. The molecule has 0 amide bonds. The third-order valence-electron chi connectivity index (χ3n) is 4.84. The lowest BCUT2D eigenvalue weighted by Gasteiger charge is -2.30. The van der Waals surface area contributed by atoms with Gasteiger partial charge in [-0.1, -0.05) is 48.0 Å². The van der Waals surface area contributed by atoms with Crippen molar-refractivity contribution >= 4 is 17.4 Å². The predicted molar refractivity (Wildman–Crippen MR) is 98.6 cm³/mol. The van der Waals surface area contributed by atoms with Crippen molar-refractivity contribution in [2.75, 3.05) is 0 Å². The van der Waals surface area contributed by atoms with E-state index in [0.29, 0.717) is 6.54 Å². The second-order valence-electron chi connectivity index (χ2n) is 6.57. The first-order valence-electron chi connectivity index (χ1n) is 8.48. The Morgan fingerprint density at radius 1 is 1.21 bits per heavy atom. The summed E-state index contributed by atoms with van der Waals surface area (Å²) < 4.78 is 0. The standard InChI is InChI=1S/C20H22N4/c1-14-6-8-15(9-7-14)12-22-20(21)18-10-11-19-23-17-5-3-2-4-16(17)13-24(18)19/h2-9,18H,10-13H2,1H3,(H2,21,22)/t18-/m1/s1. The number of amidine groups is 2. The lowest BCUT2D eigenvalue weighted by Crippen LogP contribution is -2.42. The van der Waals surface area contributed by atoms with Crippen LogP contribution in [0.5, 0.6) is 0 Å². The van der Waals surface area contributed by atoms with E-state index in [-0.39, 0.29) is 6.04 Å². The van der Waals surface area contributed by atoms with E-state index in [0.717, 1.165) is 36.7 Å². The van der Waals surface area contributed by atoms with E-state index < -0.39 is 0 Å². The highest BCUT2D eigenvalue weighted by Crippen LogP contribution is 2.32. The summed E-state index contributed by atoms with van der Waals surface area (Å²) in [6.45, 7) is 3.61. The third-order valence-corrected chi connectivity index (χ3v) is 4.84. The van der Waals surface area contributed by atoms with Crippen LogP contribution in [-0.2, 0) is 13.1 Å². The van der Waals surface area contributed by atoms with Gasteiger partial charge in [-0.05, 0) is 30.5 Å². The molecule has 2 N–H and O–H groups in total. The summed E-state index contributed by atoms with van der Waals surface area (Å²) in [5, 5.41) is 0. The van der Waals surface area contributed by atoms with Gasteiger partial charge < -0.3 is 10.6 Å². The average molecular weight is 318 g/mol. The molecule has 2 aromatic rings. The van der Waals surface area contributed by atoms with Crippen molar-refractivity contribution in [1.29, 1.82) is 0 Å². The summed E-state index contributed by atoms with van der Waals surface area (Å²) in [7, 11) is 0. The molecule has 4 rings (SSSR count). The summed E-state index contributed by atoms with van der Waals surface area (Å²) in [4.78, 5) is 11.8. The number of benzene rings is 2. The zero-order valence-corrected chi connectivity index (χ0v) is 13.9. The van der Waals surface area contributed by atoms with Gasteiger partial charge in [0.25, 0.3) is 0 Å². The molecule has 1 atom stereocenters. The van der Waals surface area contributed by atoms with E-state index in [1.807, 2.05) is 6.07 Å². The molecule has 0 aliphatic carbocycles. The van der Waals surface area contributed by atoms with Crippen LogP contribution in [0.2, 0.25) is 0 Å². The van der Waals surface area contributed by atoms with Crippen molar-refractivity contribution in [2.45, 2.75) is 38.9 Å². The lowest BCUT2D eigenvalue weighted by atomic mass is 10.1. The molecule has 0 spiro atoms. The Labute approximate surface area is 142 Å². The molecule has 2 aliphatic rings. The van der Waals surface area contributed by atoms with Crippen LogP contribution in [0.15, 0.2) is 58.5 Å². The van der Waals surface area contributed by atoms with Crippen molar-refractivity contribution in [3.05, 3.63) is 65.2 Å². The first-order chi connectivity index (χ1) is 11.7. The second-order valence-corrected chi connectivity index (χ2v) is 6.57. The zero-order valence-electron chi connectivity index (χ0n) is 13.9. The molecular formula is C20H22N4. The molecular weight excluding hydrogens is 296 g/mol. The first-order valence-corrected chi connectivity index (χ1v) is 8.48. The normalized spacial score (nSPS) is 19.7. The van der Waals surface area contributed by atoms with E-state index in [9.17, 15) is 0 Å². The van der Waals surface area contributed by atoms with Gasteiger partial charge >= 0.3 is 0 Å². The monoisotopic (exact) mass is 318 g/mol. The van der Waals surface area contributed by atoms with Gasteiger partial charge in [-0.3, -0.25) is 4.99 Å². The number of fused-ring (bicyclic) bond motifs is 2. The number of nitrogens with zero attached hydrogens (tertiary/aromatic N) is 3. The van der Waals surface area contributed by atoms with Crippen molar-refractivity contribution in [3.8, 4) is 0 Å². The molecule has 2 aliphatic heterocycles. The predicted octanol–water partition coefficient (Wildman–Crippen LogP) is 3.56. The van der Waals surface area contributed by atoms with E-state index >= 15 is 0 Å².